The molecule has 18 heavy (non-hydrogen) atoms. The summed E-state index contributed by atoms with van der Waals surface area (Å²) in [6, 6.07) is 0. The van der Waals surface area contributed by atoms with E-state index in [-0.39, 0.29) is 5.60 Å². The molecule has 0 spiro atoms. The van der Waals surface area contributed by atoms with Crippen molar-refractivity contribution in [2.24, 2.45) is 5.92 Å². The predicted octanol–water partition coefficient (Wildman–Crippen LogP) is 2.84. The van der Waals surface area contributed by atoms with Gasteiger partial charge >= 0.3 is 0 Å². The van der Waals surface area contributed by atoms with Gasteiger partial charge in [0.15, 0.2) is 0 Å². The van der Waals surface area contributed by atoms with Gasteiger partial charge in [0, 0.05) is 5.25 Å². The molecule has 1 saturated heterocycles. The van der Waals surface area contributed by atoms with Crippen molar-refractivity contribution in [3.05, 3.63) is 0 Å². The first-order chi connectivity index (χ1) is 8.51. The molecule has 0 unspecified atom stereocenters. The molecule has 3 nitrogen and oxygen atoms in total. The van der Waals surface area contributed by atoms with Gasteiger partial charge in [-0.05, 0) is 71.2 Å². The Morgan fingerprint density at radius 1 is 1.22 bits per heavy atom. The van der Waals surface area contributed by atoms with Crippen LogP contribution in [0.2, 0.25) is 0 Å². The number of nitrogens with one attached hydrogen (secondary N) is 1. The number of carbonyl (C=O) groups is 1. The van der Waals surface area contributed by atoms with Crippen LogP contribution in [0.15, 0.2) is 0 Å². The number of thioether (sulfide) groups is 1. The normalized spacial score (nSPS) is 20.8. The van der Waals surface area contributed by atoms with E-state index in [4.69, 9.17) is 0 Å². The lowest BCUT2D eigenvalue weighted by molar-refractivity contribution is -0.138. The molecule has 0 amide bonds. The van der Waals surface area contributed by atoms with E-state index in [1.807, 2.05) is 20.8 Å². The molecule has 106 valence electrons. The molecule has 2 aliphatic rings. The summed E-state index contributed by atoms with van der Waals surface area (Å²) in [4.78, 5) is 9.60. The highest BCUT2D eigenvalue weighted by molar-refractivity contribution is 7.99. The molecule has 1 saturated carbocycles. The number of hydrogen-bond donors (Lipinski definition) is 1. The molecule has 1 aliphatic heterocycles. The van der Waals surface area contributed by atoms with Crippen molar-refractivity contribution in [1.82, 2.24) is 5.32 Å². The molecule has 0 aromatic rings. The molecular weight excluding hydrogens is 246 g/mol. The van der Waals surface area contributed by atoms with Gasteiger partial charge in [-0.15, -0.1) is 0 Å². The van der Waals surface area contributed by atoms with E-state index in [0.717, 1.165) is 11.2 Å². The monoisotopic (exact) mass is 273 g/mol. The Kier molecular flexibility index (Phi) is 7.08. The maximum Gasteiger partial charge on any atom is 0.293 e. The Labute approximate surface area is 115 Å². The van der Waals surface area contributed by atoms with Gasteiger partial charge in [0.2, 0.25) is 0 Å². The fourth-order valence-electron chi connectivity index (χ4n) is 1.66. The van der Waals surface area contributed by atoms with Crippen molar-refractivity contribution in [2.45, 2.75) is 57.3 Å². The Morgan fingerprint density at radius 2 is 1.83 bits per heavy atom. The maximum atomic E-state index is 9.60. The molecule has 0 aromatic carbocycles. The van der Waals surface area contributed by atoms with Crippen molar-refractivity contribution in [2.75, 3.05) is 18.8 Å². The molecular formula is C14H27NO2S. The second kappa shape index (κ2) is 8.05. The maximum absolute atomic E-state index is 9.60. The van der Waals surface area contributed by atoms with Crippen LogP contribution in [0.5, 0.6) is 0 Å². The van der Waals surface area contributed by atoms with E-state index in [1.165, 1.54) is 44.5 Å². The number of hydrogen-bond acceptors (Lipinski definition) is 4. The zero-order chi connectivity index (χ0) is 13.4. The Morgan fingerprint density at radius 3 is 2.22 bits per heavy atom. The summed E-state index contributed by atoms with van der Waals surface area (Å²) in [6.45, 7) is 8.43. The summed E-state index contributed by atoms with van der Waals surface area (Å²) in [5.41, 5.74) is -0.318. The van der Waals surface area contributed by atoms with E-state index in [0.29, 0.717) is 6.47 Å². The lowest BCUT2D eigenvalue weighted by Gasteiger charge is -2.21. The standard InChI is InChI=1S/C9H17NS.C5H10O2/c1-2-8(1)7-11-9-3-5-10-6-4-9;1-5(2,3)7-4-6/h8-10H,1-7H2;4H,1-3H3. The average Bonchev–Trinajstić information content (AvgIpc) is 3.11. The van der Waals surface area contributed by atoms with Crippen molar-refractivity contribution >= 4 is 18.2 Å². The summed E-state index contributed by atoms with van der Waals surface area (Å²) in [5.74, 6) is 2.56. The number of ether oxygens (including phenoxy) is 1. The predicted molar refractivity (Wildman–Crippen MR) is 78.0 cm³/mol. The van der Waals surface area contributed by atoms with Crippen molar-refractivity contribution in [1.29, 1.82) is 0 Å². The zero-order valence-corrected chi connectivity index (χ0v) is 12.7. The zero-order valence-electron chi connectivity index (χ0n) is 11.9. The first-order valence-electron chi connectivity index (χ1n) is 6.95. The fraction of sp³-hybridized carbons (Fsp3) is 0.929. The topological polar surface area (TPSA) is 38.3 Å². The first kappa shape index (κ1) is 15.8. The highest BCUT2D eigenvalue weighted by Crippen LogP contribution is 2.35. The largest absolute Gasteiger partial charge is 0.462 e. The minimum atomic E-state index is -0.318. The van der Waals surface area contributed by atoms with Gasteiger partial charge in [-0.25, -0.2) is 0 Å². The highest BCUT2D eigenvalue weighted by atomic mass is 32.2. The third kappa shape index (κ3) is 8.81. The second-order valence-corrected chi connectivity index (χ2v) is 7.39. The summed E-state index contributed by atoms with van der Waals surface area (Å²) in [6.07, 6.45) is 5.82. The quantitative estimate of drug-likeness (QED) is 0.799. The Bertz CT molecular complexity index is 230. The van der Waals surface area contributed by atoms with Crippen LogP contribution < -0.4 is 5.32 Å². The van der Waals surface area contributed by atoms with Crippen LogP contribution in [0, 0.1) is 5.92 Å². The molecule has 0 bridgehead atoms. The summed E-state index contributed by atoms with van der Waals surface area (Å²) < 4.78 is 4.55. The first-order valence-corrected chi connectivity index (χ1v) is 8.00. The van der Waals surface area contributed by atoms with E-state index >= 15 is 0 Å². The molecule has 0 aromatic heterocycles. The van der Waals surface area contributed by atoms with Gasteiger partial charge in [-0.3, -0.25) is 4.79 Å². The molecule has 0 atom stereocenters. The van der Waals surface area contributed by atoms with Crippen LogP contribution in [0.4, 0.5) is 0 Å². The van der Waals surface area contributed by atoms with Gasteiger partial charge in [0.25, 0.3) is 6.47 Å². The highest BCUT2D eigenvalue weighted by Gasteiger charge is 2.23. The Hall–Kier alpha value is -0.220. The van der Waals surface area contributed by atoms with Gasteiger partial charge in [-0.1, -0.05) is 0 Å². The fourth-order valence-corrected chi connectivity index (χ4v) is 3.11. The number of carbonyl (C=O) groups excluding carboxylic acids is 1. The lowest BCUT2D eigenvalue weighted by Crippen LogP contribution is -2.29. The van der Waals surface area contributed by atoms with Gasteiger partial charge < -0.3 is 10.1 Å². The molecule has 1 N–H and O–H groups in total. The third-order valence-corrected chi connectivity index (χ3v) is 4.56. The van der Waals surface area contributed by atoms with Crippen LogP contribution >= 0.6 is 11.8 Å². The molecule has 0 radical (unpaired) electrons. The smallest absolute Gasteiger partial charge is 0.293 e. The van der Waals surface area contributed by atoms with Gasteiger partial charge in [0.05, 0.1) is 0 Å². The molecule has 1 aliphatic carbocycles. The minimum Gasteiger partial charge on any atom is -0.462 e. The van der Waals surface area contributed by atoms with E-state index in [9.17, 15) is 4.79 Å². The summed E-state index contributed by atoms with van der Waals surface area (Å²) in [7, 11) is 0. The summed E-state index contributed by atoms with van der Waals surface area (Å²) >= 11 is 2.23. The SMILES string of the molecule is C1CC(SCC2CC2)CCN1.CC(C)(C)OC=O. The lowest BCUT2D eigenvalue weighted by atomic mass is 10.2. The van der Waals surface area contributed by atoms with E-state index in [2.05, 4.69) is 21.8 Å². The van der Waals surface area contributed by atoms with Gasteiger partial charge in [0.1, 0.15) is 5.60 Å². The van der Waals surface area contributed by atoms with Crippen LogP contribution in [-0.2, 0) is 9.53 Å². The van der Waals surface area contributed by atoms with Crippen molar-refractivity contribution in [3.63, 3.8) is 0 Å². The number of piperidine rings is 1. The molecule has 4 heteroatoms. The number of rotatable bonds is 4. The molecule has 2 rings (SSSR count). The van der Waals surface area contributed by atoms with Crippen LogP contribution in [0.25, 0.3) is 0 Å². The summed E-state index contributed by atoms with van der Waals surface area (Å²) in [5, 5.41) is 4.39. The van der Waals surface area contributed by atoms with E-state index < -0.39 is 0 Å². The molecule has 1 heterocycles. The van der Waals surface area contributed by atoms with Crippen molar-refractivity contribution in [3.8, 4) is 0 Å². The average molecular weight is 273 g/mol. The van der Waals surface area contributed by atoms with Crippen molar-refractivity contribution < 1.29 is 9.53 Å². The Balaban J connectivity index is 0.000000203. The minimum absolute atomic E-state index is 0.318. The van der Waals surface area contributed by atoms with Gasteiger partial charge in [-0.2, -0.15) is 11.8 Å². The molecule has 2 fully saturated rings. The van der Waals surface area contributed by atoms with E-state index in [1.54, 1.807) is 0 Å². The van der Waals surface area contributed by atoms with Crippen LogP contribution in [0.3, 0.4) is 0 Å². The van der Waals surface area contributed by atoms with Crippen LogP contribution in [0.1, 0.15) is 46.5 Å². The second-order valence-electron chi connectivity index (χ2n) is 6.05. The van der Waals surface area contributed by atoms with Crippen LogP contribution in [-0.4, -0.2) is 36.2 Å². The third-order valence-electron chi connectivity index (χ3n) is 2.95.